The topological polar surface area (TPSA) is 247 Å². The summed E-state index contributed by atoms with van der Waals surface area (Å²) in [5, 5.41) is 26.9. The first-order chi connectivity index (χ1) is 66.4. The Morgan fingerprint density at radius 2 is 0.623 bits per heavy atom. The highest BCUT2D eigenvalue weighted by Crippen LogP contribution is 2.39. The zero-order valence-electron chi connectivity index (χ0n) is 82.0. The highest BCUT2D eigenvalue weighted by molar-refractivity contribution is 7.19. The highest BCUT2D eigenvalue weighted by Gasteiger charge is 2.42. The molecular weight excluding hydrogens is 1850 g/mol. The molecule has 7 aliphatic rings. The van der Waals surface area contributed by atoms with Crippen molar-refractivity contribution >= 4 is 103 Å². The van der Waals surface area contributed by atoms with E-state index in [2.05, 4.69) is 130 Å². The molecule has 2 atom stereocenters. The van der Waals surface area contributed by atoms with Crippen molar-refractivity contribution < 1.29 is 38.2 Å². The van der Waals surface area contributed by atoms with E-state index in [1.54, 1.807) is 45.3 Å². The minimum atomic E-state index is -0.442. The zero-order chi connectivity index (χ0) is 97.2. The van der Waals surface area contributed by atoms with E-state index >= 15 is 0 Å². The summed E-state index contributed by atoms with van der Waals surface area (Å²) in [4.78, 5) is 99.1. The van der Waals surface area contributed by atoms with Crippen LogP contribution in [0.15, 0.2) is 164 Å². The summed E-state index contributed by atoms with van der Waals surface area (Å²) in [6.45, 7) is 30.1. The molecule has 14 aromatic rings. The lowest BCUT2D eigenvalue weighted by Gasteiger charge is -2.37. The first-order valence-corrected chi connectivity index (χ1v) is 53.1. The predicted octanol–water partition coefficient (Wildman–Crippen LogP) is 20.6. The average molecular weight is 1970 g/mol. The Bertz CT molecular complexity index is 6410. The van der Waals surface area contributed by atoms with Crippen molar-refractivity contribution in [3.8, 4) is 63.4 Å². The number of piperidine rings is 5. The van der Waals surface area contributed by atoms with E-state index in [9.17, 15) is 28.8 Å². The largest absolute Gasteiger partial charge is 0.347 e. The molecule has 0 aliphatic carbocycles. The van der Waals surface area contributed by atoms with Gasteiger partial charge in [-0.3, -0.25) is 56.9 Å². The fraction of sp³-hybridized carbons (Fsp3) is 0.434. The van der Waals surface area contributed by atoms with Crippen LogP contribution in [-0.2, 0) is 71.1 Å². The summed E-state index contributed by atoms with van der Waals surface area (Å²) in [5.74, 6) is 3.04. The van der Waals surface area contributed by atoms with Crippen molar-refractivity contribution in [2.45, 2.75) is 152 Å². The first-order valence-electron chi connectivity index (χ1n) is 48.2. The van der Waals surface area contributed by atoms with Crippen LogP contribution in [0.2, 0.25) is 0 Å². The van der Waals surface area contributed by atoms with Gasteiger partial charge in [-0.2, -0.15) is 30.6 Å². The Labute approximate surface area is 833 Å². The van der Waals surface area contributed by atoms with Gasteiger partial charge in [0.05, 0.1) is 71.7 Å². The van der Waals surface area contributed by atoms with E-state index in [0.717, 1.165) is 256 Å². The summed E-state index contributed by atoms with van der Waals surface area (Å²) in [6.07, 6.45) is 12.6. The van der Waals surface area contributed by atoms with Gasteiger partial charge in [0.15, 0.2) is 5.79 Å². The van der Waals surface area contributed by atoms with E-state index in [1.807, 2.05) is 226 Å². The fourth-order valence-corrected chi connectivity index (χ4v) is 24.1. The molecule has 12 aromatic heterocycles. The van der Waals surface area contributed by atoms with Gasteiger partial charge in [-0.25, -0.2) is 0 Å². The van der Waals surface area contributed by atoms with Gasteiger partial charge < -0.3 is 38.9 Å². The number of hydrogen-bond acceptors (Lipinski definition) is 20. The number of hydrogen-bond donors (Lipinski definition) is 0. The highest BCUT2D eigenvalue weighted by atomic mass is 32.1. The Kier molecular flexibility index (Phi) is 32.4. The predicted molar refractivity (Wildman–Crippen MR) is 554 cm³/mol. The minimum Gasteiger partial charge on any atom is -0.347 e. The van der Waals surface area contributed by atoms with Crippen molar-refractivity contribution in [3.63, 3.8) is 0 Å². The van der Waals surface area contributed by atoms with E-state index in [1.165, 1.54) is 52.2 Å². The Hall–Kier alpha value is -11.4. The second-order valence-corrected chi connectivity index (χ2v) is 44.3. The molecule has 2 aromatic carbocycles. The van der Waals surface area contributed by atoms with Crippen molar-refractivity contribution in [3.05, 3.63) is 244 Å². The van der Waals surface area contributed by atoms with Gasteiger partial charge in [0, 0.05) is 168 Å². The van der Waals surface area contributed by atoms with Crippen LogP contribution in [-0.4, -0.2) is 215 Å². The van der Waals surface area contributed by atoms with Crippen LogP contribution in [0.1, 0.15) is 194 Å². The van der Waals surface area contributed by atoms with Crippen LogP contribution in [0.4, 0.5) is 0 Å². The number of carbonyl (C=O) groups excluding carboxylic acids is 6. The van der Waals surface area contributed by atoms with Gasteiger partial charge in [0.2, 0.25) is 0 Å². The second-order valence-electron chi connectivity index (χ2n) is 37.8. The van der Waals surface area contributed by atoms with Crippen LogP contribution in [0, 0.1) is 65.2 Å². The van der Waals surface area contributed by atoms with E-state index < -0.39 is 5.79 Å². The molecule has 0 radical (unpaired) electrons. The van der Waals surface area contributed by atoms with Gasteiger partial charge in [0.1, 0.15) is 34.2 Å². The Morgan fingerprint density at radius 3 is 0.957 bits per heavy atom. The molecule has 138 heavy (non-hydrogen) atoms. The molecule has 19 heterocycles. The van der Waals surface area contributed by atoms with Crippen molar-refractivity contribution in [1.29, 1.82) is 0 Å². The molecule has 0 saturated carbocycles. The molecular formula is C106H128N18O8S6. The number of likely N-dealkylation sites (tertiary alicyclic amines) is 5. The smallest absolute Gasteiger partial charge is 0.264 e. The summed E-state index contributed by atoms with van der Waals surface area (Å²) >= 11 is 9.21. The molecule has 726 valence electrons. The maximum Gasteiger partial charge on any atom is 0.264 e. The first kappa shape index (κ1) is 99.6. The normalized spacial score (nSPS) is 17.2. The van der Waals surface area contributed by atoms with Crippen LogP contribution >= 0.6 is 68.0 Å². The molecule has 2 unspecified atom stereocenters. The molecule has 0 bridgehead atoms. The SMILES string of the molecule is Cc1cc(-c2ccc(C(=O)N3CC(C)CC(C)C3)s2)nn1C.Cc1cc(-c2ccc(C(=O)N3CCC(C)CC3)s2)nn1C.Cc1cc(-c2ccc(C(=O)N3CCC(Cc4ccccc4)CC3)s2)nn1C.Cc1cc(-c2ccc(C(=O)N3CCC4(CC3)OCCO4)s2)nn1C.Cc1cc(-c2ccc(C(=O)N3CCCCC3)s2)nn1C.Cc1cc(-c2ccc(C(=O)N3CCc4ccccc4C3)s2)nn1C. The molecule has 0 N–H and O–H groups in total. The molecule has 21 rings (SSSR count). The van der Waals surface area contributed by atoms with Crippen molar-refractivity contribution in [1.82, 2.24) is 88.1 Å². The lowest BCUT2D eigenvalue weighted by atomic mass is 9.90. The molecule has 32 heteroatoms. The maximum atomic E-state index is 12.9. The molecule has 1 spiro atoms. The third kappa shape index (κ3) is 24.4. The number of ether oxygens (including phenoxy) is 2. The lowest BCUT2D eigenvalue weighted by Crippen LogP contribution is -2.47. The molecule has 6 fully saturated rings. The number of aromatic nitrogens is 12. The molecule has 7 aliphatic heterocycles. The lowest BCUT2D eigenvalue weighted by molar-refractivity contribution is -0.181. The number of carbonyl (C=O) groups is 6. The molecule has 6 amide bonds. The van der Waals surface area contributed by atoms with Crippen molar-refractivity contribution in [2.75, 3.05) is 85.2 Å². The van der Waals surface area contributed by atoms with Gasteiger partial charge in [-0.1, -0.05) is 75.4 Å². The van der Waals surface area contributed by atoms with E-state index in [0.29, 0.717) is 50.6 Å². The monoisotopic (exact) mass is 1970 g/mol. The zero-order valence-corrected chi connectivity index (χ0v) is 86.9. The maximum absolute atomic E-state index is 12.9. The number of benzene rings is 2. The van der Waals surface area contributed by atoms with Crippen LogP contribution in [0.5, 0.6) is 0 Å². The van der Waals surface area contributed by atoms with Gasteiger partial charge in [-0.15, -0.1) is 68.0 Å². The van der Waals surface area contributed by atoms with Gasteiger partial charge >= 0.3 is 0 Å². The van der Waals surface area contributed by atoms with Gasteiger partial charge in [-0.05, 0) is 255 Å². The van der Waals surface area contributed by atoms with E-state index in [4.69, 9.17) is 9.47 Å². The summed E-state index contributed by atoms with van der Waals surface area (Å²) in [5.41, 5.74) is 16.4. The Morgan fingerprint density at radius 1 is 0.326 bits per heavy atom. The average Bonchev–Trinajstić information content (AvgIpc) is 1.66. The number of fused-ring (bicyclic) bond motifs is 1. The van der Waals surface area contributed by atoms with Crippen LogP contribution in [0.3, 0.4) is 0 Å². The standard InChI is InChI=1S/C22H25N3OS.C19H19N3OS.C17H21N3O3S.C17H23N3OS.C16H21N3OS.C15H19N3OS/c1-16-14-19(23-24(16)2)20-8-9-21(27-20)22(26)25-12-10-18(11-13-25)15-17-6-4-3-5-7-17;1-13-11-16(20-21(13)2)17-7-8-18(24-17)19(23)22-10-9-14-5-3-4-6-15(14)12-22;1-12-11-13(18-19(12)2)14-3-4-15(24-14)16(21)20-7-5-17(6-8-20)22-9-10-23-17;1-11-7-12(2)10-20(9-11)17(21)16-6-5-15(22-16)14-8-13(3)19(4)18-14;1-11-6-8-19(9-7-11)16(20)15-5-4-14(21-15)13-10-12(2)18(3)17-13;1-11-10-12(16-17(11)2)13-6-7-14(20-13)15(19)18-8-4-3-5-9-18/h3-9,14,18H,10-13,15H2,1-2H3;3-8,11H,9-10,12H2,1-2H3;3-4,11H,5-10H2,1-2H3;5-6,8,11-12H,7,9-10H2,1-4H3;4-5,10-11H,6-9H2,1-3H3;6-7,10H,3-5,8-9H2,1-2H3. The van der Waals surface area contributed by atoms with Crippen molar-refractivity contribution in [2.24, 2.45) is 66.0 Å². The number of thiophene rings is 6. The fourth-order valence-electron chi connectivity index (χ4n) is 18.5. The van der Waals surface area contributed by atoms with Crippen LogP contribution < -0.4 is 0 Å². The number of rotatable bonds is 14. The minimum absolute atomic E-state index is 0.0896. The summed E-state index contributed by atoms with van der Waals surface area (Å²) < 4.78 is 22.6. The summed E-state index contributed by atoms with van der Waals surface area (Å²) in [6, 6.07) is 55.0. The molecule has 6 saturated heterocycles. The molecule has 26 nitrogen and oxygen atoms in total. The third-order valence-corrected chi connectivity index (χ3v) is 33.9. The third-order valence-electron chi connectivity index (χ3n) is 27.3. The summed E-state index contributed by atoms with van der Waals surface area (Å²) in [7, 11) is 11.6. The quantitative estimate of drug-likeness (QED) is 0.0982. The van der Waals surface area contributed by atoms with E-state index in [-0.39, 0.29) is 35.4 Å². The number of aryl methyl sites for hydroxylation is 12. The number of nitrogens with zero attached hydrogens (tertiary/aromatic N) is 18. The van der Waals surface area contributed by atoms with Crippen LogP contribution in [0.25, 0.3) is 63.4 Å². The number of amides is 6. The second kappa shape index (κ2) is 44.8. The van der Waals surface area contributed by atoms with Gasteiger partial charge in [0.25, 0.3) is 35.4 Å². The Balaban J connectivity index is 0.000000120.